The molecule has 0 spiro atoms. The Balaban J connectivity index is 1.86. The third-order valence-electron chi connectivity index (χ3n) is 4.60. The molecule has 2 aromatic carbocycles. The maximum atomic E-state index is 12.8. The maximum absolute atomic E-state index is 12.8. The average molecular weight is 479 g/mol. The van der Waals surface area contributed by atoms with E-state index in [0.29, 0.717) is 30.3 Å². The molecule has 5 nitrogen and oxygen atoms in total. The van der Waals surface area contributed by atoms with Crippen LogP contribution in [-0.4, -0.2) is 45.2 Å². The first-order chi connectivity index (χ1) is 13.1. The van der Waals surface area contributed by atoms with Gasteiger partial charge in [0.2, 0.25) is 0 Å². The summed E-state index contributed by atoms with van der Waals surface area (Å²) in [7, 11) is 4.88. The van der Waals surface area contributed by atoms with Crippen LogP contribution < -0.4 is 14.2 Å². The normalized spacial score (nSPS) is 13.8. The molecule has 0 aromatic heterocycles. The van der Waals surface area contributed by atoms with E-state index in [1.54, 1.807) is 21.3 Å². The third kappa shape index (κ3) is 4.21. The van der Waals surface area contributed by atoms with Gasteiger partial charge in [-0.25, -0.2) is 0 Å². The Labute approximate surface area is 173 Å². The van der Waals surface area contributed by atoms with Crippen molar-refractivity contribution < 1.29 is 19.0 Å². The van der Waals surface area contributed by atoms with Gasteiger partial charge in [0, 0.05) is 34.4 Å². The summed E-state index contributed by atoms with van der Waals surface area (Å²) in [5.41, 5.74) is 2.75. The van der Waals surface area contributed by atoms with E-state index in [1.807, 2.05) is 41.3 Å². The van der Waals surface area contributed by atoms with Gasteiger partial charge >= 0.3 is 0 Å². The minimum Gasteiger partial charge on any atom is -0.496 e. The lowest BCUT2D eigenvalue weighted by atomic mass is 9.96. The van der Waals surface area contributed by atoms with Crippen LogP contribution in [0.4, 0.5) is 0 Å². The molecule has 1 amide bonds. The summed E-state index contributed by atoms with van der Waals surface area (Å²) in [4.78, 5) is 14.6. The summed E-state index contributed by atoms with van der Waals surface area (Å²) in [6.45, 7) is 1.20. The highest BCUT2D eigenvalue weighted by atomic mass is 127. The van der Waals surface area contributed by atoms with Gasteiger partial charge in [-0.3, -0.25) is 4.79 Å². The monoisotopic (exact) mass is 479 g/mol. The minimum absolute atomic E-state index is 0.0532. The minimum atomic E-state index is 0.0532. The second-order valence-electron chi connectivity index (χ2n) is 6.15. The number of hydrogen-bond donors (Lipinski definition) is 0. The molecule has 0 atom stereocenters. The second-order valence-corrected chi connectivity index (χ2v) is 7.39. The van der Waals surface area contributed by atoms with Crippen LogP contribution in [0.15, 0.2) is 42.5 Å². The van der Waals surface area contributed by atoms with E-state index in [-0.39, 0.29) is 5.91 Å². The van der Waals surface area contributed by atoms with Gasteiger partial charge in [-0.05, 0) is 52.8 Å². The number of rotatable bonds is 5. The Morgan fingerprint density at radius 1 is 1.04 bits per heavy atom. The summed E-state index contributed by atoms with van der Waals surface area (Å²) in [6.07, 6.45) is 2.80. The lowest BCUT2D eigenvalue weighted by Crippen LogP contribution is -2.34. The highest BCUT2D eigenvalue weighted by molar-refractivity contribution is 14.1. The van der Waals surface area contributed by atoms with Gasteiger partial charge in [0.05, 0.1) is 26.9 Å². The van der Waals surface area contributed by atoms with E-state index < -0.39 is 0 Å². The number of carbonyl (C=O) groups excluding carboxylic acids is 1. The van der Waals surface area contributed by atoms with Crippen molar-refractivity contribution in [3.05, 3.63) is 57.2 Å². The topological polar surface area (TPSA) is 48.0 Å². The van der Waals surface area contributed by atoms with Gasteiger partial charge in [-0.15, -0.1) is 0 Å². The summed E-state index contributed by atoms with van der Waals surface area (Å²) < 4.78 is 17.5. The molecule has 0 radical (unpaired) electrons. The predicted octanol–water partition coefficient (Wildman–Crippen LogP) is 4.25. The van der Waals surface area contributed by atoms with Crippen LogP contribution in [0.1, 0.15) is 22.3 Å². The second kappa shape index (κ2) is 8.65. The SMILES string of the molecule is COc1cc(OC)c(C2=CCN(C(=O)c3cccc(I)c3)CC2)c(OC)c1. The first kappa shape index (κ1) is 19.5. The van der Waals surface area contributed by atoms with Crippen molar-refractivity contribution >= 4 is 34.1 Å². The molecule has 6 heteroatoms. The number of halogens is 1. The molecule has 0 N–H and O–H groups in total. The maximum Gasteiger partial charge on any atom is 0.254 e. The lowest BCUT2D eigenvalue weighted by molar-refractivity contribution is 0.0773. The molecule has 1 aliphatic rings. The Morgan fingerprint density at radius 2 is 1.74 bits per heavy atom. The quantitative estimate of drug-likeness (QED) is 0.602. The van der Waals surface area contributed by atoms with Crippen molar-refractivity contribution in [1.82, 2.24) is 4.90 Å². The number of hydrogen-bond acceptors (Lipinski definition) is 4. The van der Waals surface area contributed by atoms with Crippen molar-refractivity contribution in [2.75, 3.05) is 34.4 Å². The van der Waals surface area contributed by atoms with Gasteiger partial charge in [-0.2, -0.15) is 0 Å². The van der Waals surface area contributed by atoms with Crippen molar-refractivity contribution in [1.29, 1.82) is 0 Å². The molecule has 1 aliphatic heterocycles. The van der Waals surface area contributed by atoms with Gasteiger partial charge in [0.15, 0.2) is 0 Å². The average Bonchev–Trinajstić information content (AvgIpc) is 2.72. The third-order valence-corrected chi connectivity index (χ3v) is 5.28. The van der Waals surface area contributed by atoms with E-state index in [1.165, 1.54) is 0 Å². The van der Waals surface area contributed by atoms with Gasteiger partial charge in [-0.1, -0.05) is 12.1 Å². The zero-order valence-corrected chi connectivity index (χ0v) is 17.8. The number of ether oxygens (including phenoxy) is 3. The summed E-state index contributed by atoms with van der Waals surface area (Å²) in [5, 5.41) is 0. The standard InChI is InChI=1S/C21H22INO4/c1-25-17-12-18(26-2)20(19(13-17)27-3)14-7-9-23(10-8-14)21(24)15-5-4-6-16(22)11-15/h4-7,11-13H,8-10H2,1-3H3. The largest absolute Gasteiger partial charge is 0.496 e. The molecule has 2 aromatic rings. The fraction of sp³-hybridized carbons (Fsp3) is 0.286. The van der Waals surface area contributed by atoms with Crippen molar-refractivity contribution in [3.63, 3.8) is 0 Å². The van der Waals surface area contributed by atoms with Gasteiger partial charge < -0.3 is 19.1 Å². The van der Waals surface area contributed by atoms with E-state index in [0.717, 1.165) is 26.7 Å². The molecule has 3 rings (SSSR count). The van der Waals surface area contributed by atoms with Crippen LogP contribution in [0.5, 0.6) is 17.2 Å². The van der Waals surface area contributed by atoms with E-state index in [4.69, 9.17) is 14.2 Å². The molecule has 0 aliphatic carbocycles. The fourth-order valence-electron chi connectivity index (χ4n) is 3.21. The van der Waals surface area contributed by atoms with Gasteiger partial charge in [0.1, 0.15) is 17.2 Å². The number of nitrogens with zero attached hydrogens (tertiary/aromatic N) is 1. The van der Waals surface area contributed by atoms with E-state index in [2.05, 4.69) is 28.7 Å². The van der Waals surface area contributed by atoms with Crippen molar-refractivity contribution in [2.24, 2.45) is 0 Å². The molecular formula is C21H22INO4. The highest BCUT2D eigenvalue weighted by Gasteiger charge is 2.23. The smallest absolute Gasteiger partial charge is 0.254 e. The Kier molecular flexibility index (Phi) is 6.26. The molecule has 0 bridgehead atoms. The summed E-state index contributed by atoms with van der Waals surface area (Å²) >= 11 is 2.22. The zero-order valence-electron chi connectivity index (χ0n) is 15.6. The van der Waals surface area contributed by atoms with Crippen LogP contribution >= 0.6 is 22.6 Å². The molecule has 1 heterocycles. The van der Waals surface area contributed by atoms with Crippen molar-refractivity contribution in [2.45, 2.75) is 6.42 Å². The predicted molar refractivity (Wildman–Crippen MR) is 114 cm³/mol. The number of benzene rings is 2. The van der Waals surface area contributed by atoms with Crippen LogP contribution in [0.25, 0.3) is 5.57 Å². The first-order valence-electron chi connectivity index (χ1n) is 8.61. The van der Waals surface area contributed by atoms with Crippen LogP contribution in [0, 0.1) is 3.57 Å². The van der Waals surface area contributed by atoms with Gasteiger partial charge in [0.25, 0.3) is 5.91 Å². The highest BCUT2D eigenvalue weighted by Crippen LogP contribution is 2.40. The Morgan fingerprint density at radius 3 is 2.26 bits per heavy atom. The number of amides is 1. The fourth-order valence-corrected chi connectivity index (χ4v) is 3.75. The number of methoxy groups -OCH3 is 3. The van der Waals surface area contributed by atoms with Crippen LogP contribution in [0.2, 0.25) is 0 Å². The molecule has 142 valence electrons. The summed E-state index contributed by atoms with van der Waals surface area (Å²) in [5.74, 6) is 2.14. The number of carbonyl (C=O) groups is 1. The van der Waals surface area contributed by atoms with E-state index in [9.17, 15) is 4.79 Å². The zero-order chi connectivity index (χ0) is 19.4. The molecule has 27 heavy (non-hydrogen) atoms. The molecule has 0 unspecified atom stereocenters. The van der Waals surface area contributed by atoms with E-state index >= 15 is 0 Å². The summed E-state index contributed by atoms with van der Waals surface area (Å²) in [6, 6.07) is 11.4. The Bertz CT molecular complexity index is 853. The lowest BCUT2D eigenvalue weighted by Gasteiger charge is -2.28. The molecule has 0 fully saturated rings. The van der Waals surface area contributed by atoms with Crippen LogP contribution in [0.3, 0.4) is 0 Å². The molecule has 0 saturated carbocycles. The molecule has 0 saturated heterocycles. The van der Waals surface area contributed by atoms with Crippen LogP contribution in [-0.2, 0) is 0 Å². The first-order valence-corrected chi connectivity index (χ1v) is 9.69. The Hall–Kier alpha value is -2.22. The van der Waals surface area contributed by atoms with Crippen molar-refractivity contribution in [3.8, 4) is 17.2 Å². The molecular weight excluding hydrogens is 457 g/mol.